The van der Waals surface area contributed by atoms with Crippen molar-refractivity contribution in [3.63, 3.8) is 0 Å². The zero-order valence-corrected chi connectivity index (χ0v) is 9.44. The minimum atomic E-state index is -0.576. The number of nitrogens with zero attached hydrogens (tertiary/aromatic N) is 2. The van der Waals surface area contributed by atoms with Crippen LogP contribution in [0, 0.1) is 0 Å². The van der Waals surface area contributed by atoms with Crippen molar-refractivity contribution >= 4 is 34.3 Å². The van der Waals surface area contributed by atoms with Gasteiger partial charge in [-0.2, -0.15) is 0 Å². The first-order valence-electron chi connectivity index (χ1n) is 3.92. The lowest BCUT2D eigenvalue weighted by molar-refractivity contribution is 0.179. The Bertz CT molecular complexity index is 401. The highest BCUT2D eigenvalue weighted by Crippen LogP contribution is 2.26. The number of hydrogen-bond acceptors (Lipinski definition) is 5. The van der Waals surface area contributed by atoms with E-state index in [1.807, 2.05) is 0 Å². The molecule has 0 aliphatic heterocycles. The molecule has 2 rings (SSSR count). The molecule has 0 radical (unpaired) electrons. The predicted molar refractivity (Wildman–Crippen MR) is 57.9 cm³/mol. The van der Waals surface area contributed by atoms with Crippen molar-refractivity contribution in [3.05, 3.63) is 32.1 Å². The van der Waals surface area contributed by atoms with E-state index in [-0.39, 0.29) is 0 Å². The van der Waals surface area contributed by atoms with E-state index in [0.29, 0.717) is 15.8 Å². The minimum Gasteiger partial charge on any atom is -0.386 e. The summed E-state index contributed by atoms with van der Waals surface area (Å²) in [6.45, 7) is 0. The van der Waals surface area contributed by atoms with Gasteiger partial charge in [-0.3, -0.25) is 4.98 Å². The minimum absolute atomic E-state index is 0.550. The van der Waals surface area contributed by atoms with Crippen molar-refractivity contribution in [2.24, 2.45) is 0 Å². The van der Waals surface area contributed by atoms with E-state index in [1.165, 1.54) is 22.7 Å². The second-order valence-corrected chi connectivity index (χ2v) is 5.35. The van der Waals surface area contributed by atoms with Crippen molar-refractivity contribution in [2.75, 3.05) is 0 Å². The SMILES string of the molecule is OC(Cc1cncs1)c1ncc(Cl)s1. The van der Waals surface area contributed by atoms with Crippen LogP contribution in [0.25, 0.3) is 0 Å². The Hall–Kier alpha value is -0.490. The molecule has 0 aliphatic rings. The van der Waals surface area contributed by atoms with E-state index < -0.39 is 6.10 Å². The Kier molecular flexibility index (Phi) is 3.12. The number of hydrogen-bond donors (Lipinski definition) is 1. The van der Waals surface area contributed by atoms with Crippen LogP contribution in [0.5, 0.6) is 0 Å². The van der Waals surface area contributed by atoms with Crippen molar-refractivity contribution in [2.45, 2.75) is 12.5 Å². The largest absolute Gasteiger partial charge is 0.386 e. The molecule has 2 heterocycles. The lowest BCUT2D eigenvalue weighted by Crippen LogP contribution is -1.99. The van der Waals surface area contributed by atoms with Gasteiger partial charge in [-0.15, -0.1) is 22.7 Å². The Morgan fingerprint density at radius 2 is 2.36 bits per heavy atom. The van der Waals surface area contributed by atoms with Crippen molar-refractivity contribution in [1.82, 2.24) is 9.97 Å². The third kappa shape index (κ3) is 2.30. The van der Waals surface area contributed by atoms with Gasteiger partial charge in [0, 0.05) is 17.5 Å². The van der Waals surface area contributed by atoms with E-state index in [0.717, 1.165) is 4.88 Å². The molecule has 0 saturated heterocycles. The third-order valence-electron chi connectivity index (χ3n) is 1.66. The van der Waals surface area contributed by atoms with Crippen LogP contribution in [0.4, 0.5) is 0 Å². The van der Waals surface area contributed by atoms with Crippen LogP contribution >= 0.6 is 34.3 Å². The first-order valence-corrected chi connectivity index (χ1v) is 6.00. The Morgan fingerprint density at radius 3 is 2.93 bits per heavy atom. The smallest absolute Gasteiger partial charge is 0.123 e. The first-order chi connectivity index (χ1) is 6.75. The molecule has 0 aliphatic carbocycles. The number of aliphatic hydroxyl groups is 1. The summed E-state index contributed by atoms with van der Waals surface area (Å²) in [5.41, 5.74) is 1.75. The van der Waals surface area contributed by atoms with Crippen molar-refractivity contribution in [3.8, 4) is 0 Å². The molecule has 0 fully saturated rings. The van der Waals surface area contributed by atoms with Crippen LogP contribution in [0.15, 0.2) is 17.9 Å². The molecule has 2 aromatic heterocycles. The number of aliphatic hydroxyl groups excluding tert-OH is 1. The third-order valence-corrected chi connectivity index (χ3v) is 3.68. The van der Waals surface area contributed by atoms with Crippen LogP contribution in [0.1, 0.15) is 16.0 Å². The summed E-state index contributed by atoms with van der Waals surface area (Å²) in [5.74, 6) is 0. The predicted octanol–water partition coefficient (Wildman–Crippen LogP) is 2.53. The van der Waals surface area contributed by atoms with Gasteiger partial charge >= 0.3 is 0 Å². The van der Waals surface area contributed by atoms with Gasteiger partial charge in [0.25, 0.3) is 0 Å². The van der Waals surface area contributed by atoms with Crippen LogP contribution < -0.4 is 0 Å². The average Bonchev–Trinajstić information content (AvgIpc) is 2.75. The Labute approximate surface area is 94.0 Å². The summed E-state index contributed by atoms with van der Waals surface area (Å²) in [6.07, 6.45) is 3.28. The van der Waals surface area contributed by atoms with Gasteiger partial charge in [-0.1, -0.05) is 11.6 Å². The van der Waals surface area contributed by atoms with E-state index in [9.17, 15) is 5.11 Å². The van der Waals surface area contributed by atoms with Gasteiger partial charge < -0.3 is 5.11 Å². The summed E-state index contributed by atoms with van der Waals surface area (Å²) in [6, 6.07) is 0. The summed E-state index contributed by atoms with van der Waals surface area (Å²) in [4.78, 5) is 9.00. The molecule has 1 unspecified atom stereocenters. The van der Waals surface area contributed by atoms with E-state index in [2.05, 4.69) is 9.97 Å². The molecule has 2 aromatic rings. The first kappa shape index (κ1) is 10.0. The van der Waals surface area contributed by atoms with Crippen molar-refractivity contribution < 1.29 is 5.11 Å². The molecule has 0 spiro atoms. The fraction of sp³-hybridized carbons (Fsp3) is 0.250. The highest BCUT2D eigenvalue weighted by atomic mass is 35.5. The molecule has 1 atom stereocenters. The number of thiazole rings is 2. The summed E-state index contributed by atoms with van der Waals surface area (Å²) in [5, 5.41) is 10.4. The van der Waals surface area contributed by atoms with Gasteiger partial charge in [0.2, 0.25) is 0 Å². The maximum absolute atomic E-state index is 9.77. The topological polar surface area (TPSA) is 46.0 Å². The molecule has 0 aromatic carbocycles. The van der Waals surface area contributed by atoms with Crippen LogP contribution in [0.3, 0.4) is 0 Å². The van der Waals surface area contributed by atoms with Crippen LogP contribution in [-0.2, 0) is 6.42 Å². The quantitative estimate of drug-likeness (QED) is 0.905. The molecular weight excluding hydrogens is 240 g/mol. The number of aromatic nitrogens is 2. The molecule has 0 saturated carbocycles. The normalized spacial score (nSPS) is 13.0. The van der Waals surface area contributed by atoms with E-state index in [1.54, 1.807) is 17.9 Å². The number of rotatable bonds is 3. The molecule has 1 N–H and O–H groups in total. The molecule has 6 heteroatoms. The zero-order chi connectivity index (χ0) is 9.97. The molecule has 0 amide bonds. The van der Waals surface area contributed by atoms with Gasteiger partial charge in [0.1, 0.15) is 15.4 Å². The lowest BCUT2D eigenvalue weighted by atomic mass is 10.2. The van der Waals surface area contributed by atoms with E-state index >= 15 is 0 Å². The second-order valence-electron chi connectivity index (χ2n) is 2.69. The van der Waals surface area contributed by atoms with Gasteiger partial charge in [-0.05, 0) is 0 Å². The van der Waals surface area contributed by atoms with Crippen LogP contribution in [-0.4, -0.2) is 15.1 Å². The van der Waals surface area contributed by atoms with Crippen molar-refractivity contribution in [1.29, 1.82) is 0 Å². The summed E-state index contributed by atoms with van der Waals surface area (Å²) in [7, 11) is 0. The lowest BCUT2D eigenvalue weighted by Gasteiger charge is -2.03. The maximum Gasteiger partial charge on any atom is 0.123 e. The Morgan fingerprint density at radius 1 is 1.50 bits per heavy atom. The Balaban J connectivity index is 2.06. The fourth-order valence-electron chi connectivity index (χ4n) is 1.04. The van der Waals surface area contributed by atoms with Gasteiger partial charge in [0.05, 0.1) is 11.7 Å². The van der Waals surface area contributed by atoms with E-state index in [4.69, 9.17) is 11.6 Å². The number of halogens is 1. The summed E-state index contributed by atoms with van der Waals surface area (Å²) >= 11 is 8.55. The van der Waals surface area contributed by atoms with Gasteiger partial charge in [-0.25, -0.2) is 4.98 Å². The average molecular weight is 247 g/mol. The van der Waals surface area contributed by atoms with Crippen LogP contribution in [0.2, 0.25) is 4.34 Å². The fourth-order valence-corrected chi connectivity index (χ4v) is 2.59. The second kappa shape index (κ2) is 4.35. The van der Waals surface area contributed by atoms with Gasteiger partial charge in [0.15, 0.2) is 0 Å². The standard InChI is InChI=1S/C8H7ClN2OS2/c9-7-3-11-8(14-7)6(12)1-5-2-10-4-13-5/h2-4,6,12H,1H2. The molecule has 0 bridgehead atoms. The zero-order valence-electron chi connectivity index (χ0n) is 7.05. The summed E-state index contributed by atoms with van der Waals surface area (Å²) < 4.78 is 0.600. The monoisotopic (exact) mass is 246 g/mol. The molecule has 74 valence electrons. The molecule has 3 nitrogen and oxygen atoms in total. The molecular formula is C8H7ClN2OS2. The maximum atomic E-state index is 9.77. The highest BCUT2D eigenvalue weighted by Gasteiger charge is 2.13. The molecule has 14 heavy (non-hydrogen) atoms. The highest BCUT2D eigenvalue weighted by molar-refractivity contribution is 7.15.